The number of hydrazine groups is 1. The van der Waals surface area contributed by atoms with Gasteiger partial charge in [-0.05, 0) is 36.8 Å². The van der Waals surface area contributed by atoms with Crippen LogP contribution in [0.5, 0.6) is 0 Å². The van der Waals surface area contributed by atoms with E-state index >= 15 is 0 Å². The molecule has 0 aliphatic heterocycles. The first kappa shape index (κ1) is 15.1. The highest BCUT2D eigenvalue weighted by Gasteiger charge is 2.01. The SMILES string of the molecule is NNC(=O)CCCCCSc1ccc(Cl)cc1N. The van der Waals surface area contributed by atoms with Crippen LogP contribution in [0.3, 0.4) is 0 Å². The van der Waals surface area contributed by atoms with Crippen molar-refractivity contribution in [1.82, 2.24) is 5.43 Å². The monoisotopic (exact) mass is 287 g/mol. The van der Waals surface area contributed by atoms with Gasteiger partial charge in [-0.1, -0.05) is 18.0 Å². The standard InChI is InChI=1S/C12H18ClN3OS/c13-9-5-6-11(10(14)8-9)18-7-3-1-2-4-12(17)16-15/h5-6,8H,1-4,7,14-15H2,(H,16,17). The first-order valence-electron chi connectivity index (χ1n) is 5.80. The molecule has 100 valence electrons. The minimum Gasteiger partial charge on any atom is -0.398 e. The highest BCUT2D eigenvalue weighted by molar-refractivity contribution is 7.99. The van der Waals surface area contributed by atoms with E-state index in [1.807, 2.05) is 12.1 Å². The predicted molar refractivity (Wildman–Crippen MR) is 77.4 cm³/mol. The molecule has 0 aliphatic carbocycles. The van der Waals surface area contributed by atoms with Crippen molar-refractivity contribution in [2.24, 2.45) is 5.84 Å². The lowest BCUT2D eigenvalue weighted by molar-refractivity contribution is -0.121. The fraction of sp³-hybridized carbons (Fsp3) is 0.417. The second-order valence-electron chi connectivity index (χ2n) is 3.91. The van der Waals surface area contributed by atoms with Gasteiger partial charge in [0.2, 0.25) is 5.91 Å². The number of hydrogen-bond donors (Lipinski definition) is 3. The van der Waals surface area contributed by atoms with Crippen LogP contribution >= 0.6 is 23.4 Å². The Morgan fingerprint density at radius 3 is 2.78 bits per heavy atom. The average Bonchev–Trinajstić information content (AvgIpc) is 2.35. The van der Waals surface area contributed by atoms with Crippen molar-refractivity contribution in [1.29, 1.82) is 0 Å². The van der Waals surface area contributed by atoms with E-state index in [1.165, 1.54) is 0 Å². The topological polar surface area (TPSA) is 81.1 Å². The lowest BCUT2D eigenvalue weighted by Gasteiger charge is -2.05. The molecular weight excluding hydrogens is 270 g/mol. The number of halogens is 1. The van der Waals surface area contributed by atoms with Gasteiger partial charge < -0.3 is 5.73 Å². The van der Waals surface area contributed by atoms with E-state index in [2.05, 4.69) is 5.43 Å². The molecular formula is C12H18ClN3OS. The number of nitrogen functional groups attached to an aromatic ring is 1. The zero-order valence-electron chi connectivity index (χ0n) is 10.1. The van der Waals surface area contributed by atoms with Gasteiger partial charge in [0, 0.05) is 22.0 Å². The Balaban J connectivity index is 2.16. The van der Waals surface area contributed by atoms with E-state index in [-0.39, 0.29) is 5.91 Å². The van der Waals surface area contributed by atoms with Crippen molar-refractivity contribution in [3.63, 3.8) is 0 Å². The first-order valence-corrected chi connectivity index (χ1v) is 7.17. The van der Waals surface area contributed by atoms with Crippen LogP contribution in [0.2, 0.25) is 5.02 Å². The lowest BCUT2D eigenvalue weighted by Crippen LogP contribution is -2.29. The van der Waals surface area contributed by atoms with Gasteiger partial charge in [-0.2, -0.15) is 0 Å². The number of benzene rings is 1. The maximum Gasteiger partial charge on any atom is 0.233 e. The van der Waals surface area contributed by atoms with Crippen LogP contribution < -0.4 is 17.0 Å². The fourth-order valence-electron chi connectivity index (χ4n) is 1.47. The van der Waals surface area contributed by atoms with Crippen molar-refractivity contribution in [3.05, 3.63) is 23.2 Å². The van der Waals surface area contributed by atoms with Crippen molar-refractivity contribution in [2.75, 3.05) is 11.5 Å². The van der Waals surface area contributed by atoms with Crippen LogP contribution in [0.4, 0.5) is 5.69 Å². The summed E-state index contributed by atoms with van der Waals surface area (Å²) in [5.41, 5.74) is 8.69. The quantitative estimate of drug-likeness (QED) is 0.180. The smallest absolute Gasteiger partial charge is 0.233 e. The van der Waals surface area contributed by atoms with Gasteiger partial charge in [0.15, 0.2) is 0 Å². The van der Waals surface area contributed by atoms with Crippen LogP contribution in [0.15, 0.2) is 23.1 Å². The minimum atomic E-state index is -0.107. The maximum absolute atomic E-state index is 10.9. The van der Waals surface area contributed by atoms with E-state index in [0.29, 0.717) is 11.4 Å². The number of nitrogens with one attached hydrogen (secondary N) is 1. The molecule has 0 spiro atoms. The third-order valence-corrected chi connectivity index (χ3v) is 3.85. The second-order valence-corrected chi connectivity index (χ2v) is 5.48. The van der Waals surface area contributed by atoms with Crippen LogP contribution in [0.25, 0.3) is 0 Å². The summed E-state index contributed by atoms with van der Waals surface area (Å²) in [7, 11) is 0. The number of nitrogens with two attached hydrogens (primary N) is 2. The van der Waals surface area contributed by atoms with Gasteiger partial charge in [-0.3, -0.25) is 10.2 Å². The number of carbonyl (C=O) groups excluding carboxylic acids is 1. The molecule has 0 saturated heterocycles. The molecule has 0 aromatic heterocycles. The summed E-state index contributed by atoms with van der Waals surface area (Å²) >= 11 is 7.54. The Morgan fingerprint density at radius 1 is 1.33 bits per heavy atom. The highest BCUT2D eigenvalue weighted by Crippen LogP contribution is 2.28. The lowest BCUT2D eigenvalue weighted by atomic mass is 10.2. The third kappa shape index (κ3) is 5.62. The van der Waals surface area contributed by atoms with Gasteiger partial charge in [0.25, 0.3) is 0 Å². The summed E-state index contributed by atoms with van der Waals surface area (Å²) in [6.07, 6.45) is 3.41. The minimum absolute atomic E-state index is 0.107. The molecule has 0 saturated carbocycles. The van der Waals surface area contributed by atoms with Gasteiger partial charge in [-0.15, -0.1) is 11.8 Å². The summed E-state index contributed by atoms with van der Waals surface area (Å²) < 4.78 is 0. The number of anilines is 1. The molecule has 0 heterocycles. The van der Waals surface area contributed by atoms with Crippen LogP contribution in [0, 0.1) is 0 Å². The molecule has 5 N–H and O–H groups in total. The molecule has 1 rings (SSSR count). The number of unbranched alkanes of at least 4 members (excludes halogenated alkanes) is 2. The summed E-state index contributed by atoms with van der Waals surface area (Å²) in [5, 5.41) is 0.657. The number of carbonyl (C=O) groups is 1. The van der Waals surface area contributed by atoms with E-state index in [1.54, 1.807) is 17.8 Å². The molecule has 0 atom stereocenters. The molecule has 0 aliphatic rings. The van der Waals surface area contributed by atoms with E-state index in [0.717, 1.165) is 35.6 Å². The Kier molecular flexibility index (Phi) is 6.93. The van der Waals surface area contributed by atoms with Gasteiger partial charge in [0.1, 0.15) is 0 Å². The molecule has 18 heavy (non-hydrogen) atoms. The normalized spacial score (nSPS) is 10.3. The summed E-state index contributed by atoms with van der Waals surface area (Å²) in [5.74, 6) is 5.86. The Labute approximate surface area is 116 Å². The largest absolute Gasteiger partial charge is 0.398 e. The zero-order chi connectivity index (χ0) is 13.4. The van der Waals surface area contributed by atoms with Crippen LogP contribution in [-0.4, -0.2) is 11.7 Å². The first-order chi connectivity index (χ1) is 8.63. The van der Waals surface area contributed by atoms with Crippen molar-refractivity contribution in [3.8, 4) is 0 Å². The van der Waals surface area contributed by atoms with E-state index in [9.17, 15) is 4.79 Å². The summed E-state index contributed by atoms with van der Waals surface area (Å²) in [4.78, 5) is 11.9. The fourth-order valence-corrected chi connectivity index (χ4v) is 2.61. The van der Waals surface area contributed by atoms with Crippen molar-refractivity contribution < 1.29 is 4.79 Å². The highest BCUT2D eigenvalue weighted by atomic mass is 35.5. The Morgan fingerprint density at radius 2 is 2.11 bits per heavy atom. The van der Waals surface area contributed by atoms with Crippen molar-refractivity contribution >= 4 is 35.0 Å². The molecule has 1 aromatic carbocycles. The molecule has 0 fully saturated rings. The molecule has 0 bridgehead atoms. The third-order valence-electron chi connectivity index (χ3n) is 2.44. The molecule has 0 radical (unpaired) electrons. The second kappa shape index (κ2) is 8.24. The summed E-state index contributed by atoms with van der Waals surface area (Å²) in [6, 6.07) is 5.53. The number of amides is 1. The number of hydrogen-bond acceptors (Lipinski definition) is 4. The van der Waals surface area contributed by atoms with E-state index in [4.69, 9.17) is 23.2 Å². The number of rotatable bonds is 7. The molecule has 4 nitrogen and oxygen atoms in total. The summed E-state index contributed by atoms with van der Waals surface area (Å²) in [6.45, 7) is 0. The molecule has 1 amide bonds. The van der Waals surface area contributed by atoms with Gasteiger partial charge >= 0.3 is 0 Å². The molecule has 6 heteroatoms. The predicted octanol–water partition coefficient (Wildman–Crippen LogP) is 2.56. The molecule has 1 aromatic rings. The van der Waals surface area contributed by atoms with Crippen LogP contribution in [-0.2, 0) is 4.79 Å². The number of thioether (sulfide) groups is 1. The van der Waals surface area contributed by atoms with Crippen LogP contribution in [0.1, 0.15) is 25.7 Å². The average molecular weight is 288 g/mol. The molecule has 0 unspecified atom stereocenters. The van der Waals surface area contributed by atoms with Gasteiger partial charge in [0.05, 0.1) is 0 Å². The van der Waals surface area contributed by atoms with Gasteiger partial charge in [-0.25, -0.2) is 5.84 Å². The zero-order valence-corrected chi connectivity index (χ0v) is 11.7. The maximum atomic E-state index is 10.9. The Bertz CT molecular complexity index is 401. The Hall–Kier alpha value is -0.910. The van der Waals surface area contributed by atoms with Crippen molar-refractivity contribution in [2.45, 2.75) is 30.6 Å². The van der Waals surface area contributed by atoms with E-state index < -0.39 is 0 Å².